The molecule has 1 rings (SSSR count). The van der Waals surface area contributed by atoms with Gasteiger partial charge in [0, 0.05) is 31.0 Å². The zero-order valence-corrected chi connectivity index (χ0v) is 12.7. The van der Waals surface area contributed by atoms with Gasteiger partial charge in [-0.05, 0) is 39.5 Å². The van der Waals surface area contributed by atoms with E-state index in [2.05, 4.69) is 19.2 Å². The van der Waals surface area contributed by atoms with Crippen molar-refractivity contribution in [2.75, 3.05) is 13.1 Å². The summed E-state index contributed by atoms with van der Waals surface area (Å²) in [6.07, 6.45) is 3.40. The second-order valence-corrected chi connectivity index (χ2v) is 5.78. The molecule has 1 saturated heterocycles. The lowest BCUT2D eigenvalue weighted by Gasteiger charge is -2.33. The lowest BCUT2D eigenvalue weighted by molar-refractivity contribution is -0.139. The van der Waals surface area contributed by atoms with E-state index in [1.54, 1.807) is 0 Å². The number of rotatable bonds is 5. The van der Waals surface area contributed by atoms with Crippen molar-refractivity contribution < 1.29 is 9.59 Å². The Morgan fingerprint density at radius 3 is 2.11 bits per heavy atom. The molecule has 0 unspecified atom stereocenters. The van der Waals surface area contributed by atoms with Gasteiger partial charge in [-0.2, -0.15) is 0 Å². The Balaban J connectivity index is 2.44. The molecule has 0 radical (unpaired) electrons. The van der Waals surface area contributed by atoms with Crippen molar-refractivity contribution in [3.63, 3.8) is 0 Å². The predicted octanol–water partition coefficient (Wildman–Crippen LogP) is 2.19. The SMILES string of the molecule is CCC(CC)C(=O)N1CCC(C(=O)NC(C)C)CC1. The number of amides is 2. The quantitative estimate of drug-likeness (QED) is 0.831. The minimum Gasteiger partial charge on any atom is -0.354 e. The molecule has 19 heavy (non-hydrogen) atoms. The summed E-state index contributed by atoms with van der Waals surface area (Å²) in [4.78, 5) is 26.1. The van der Waals surface area contributed by atoms with Crippen molar-refractivity contribution >= 4 is 11.8 Å². The van der Waals surface area contributed by atoms with E-state index in [9.17, 15) is 9.59 Å². The minimum absolute atomic E-state index is 0.0770. The molecule has 0 spiro atoms. The molecule has 0 bridgehead atoms. The van der Waals surface area contributed by atoms with Crippen molar-refractivity contribution in [3.8, 4) is 0 Å². The van der Waals surface area contributed by atoms with E-state index >= 15 is 0 Å². The molecular formula is C15H28N2O2. The van der Waals surface area contributed by atoms with Crippen LogP contribution >= 0.6 is 0 Å². The molecule has 1 fully saturated rings. The van der Waals surface area contributed by atoms with Crippen molar-refractivity contribution in [1.29, 1.82) is 0 Å². The summed E-state index contributed by atoms with van der Waals surface area (Å²) in [5.74, 6) is 0.645. The topological polar surface area (TPSA) is 49.4 Å². The van der Waals surface area contributed by atoms with Crippen molar-refractivity contribution in [2.24, 2.45) is 11.8 Å². The average molecular weight is 268 g/mol. The predicted molar refractivity (Wildman–Crippen MR) is 76.7 cm³/mol. The van der Waals surface area contributed by atoms with Crippen LogP contribution in [0, 0.1) is 11.8 Å². The van der Waals surface area contributed by atoms with Gasteiger partial charge in [-0.3, -0.25) is 9.59 Å². The summed E-state index contributed by atoms with van der Waals surface area (Å²) in [7, 11) is 0. The van der Waals surface area contributed by atoms with Gasteiger partial charge in [0.25, 0.3) is 0 Å². The first-order valence-corrected chi connectivity index (χ1v) is 7.58. The average Bonchev–Trinajstić information content (AvgIpc) is 2.39. The molecule has 0 aliphatic carbocycles. The molecule has 1 heterocycles. The van der Waals surface area contributed by atoms with E-state index in [1.807, 2.05) is 18.7 Å². The molecule has 0 aromatic heterocycles. The number of carbonyl (C=O) groups is 2. The van der Waals surface area contributed by atoms with Gasteiger partial charge >= 0.3 is 0 Å². The molecule has 0 saturated carbocycles. The van der Waals surface area contributed by atoms with E-state index in [4.69, 9.17) is 0 Å². The van der Waals surface area contributed by atoms with Gasteiger partial charge in [-0.15, -0.1) is 0 Å². The molecule has 1 aliphatic rings. The van der Waals surface area contributed by atoms with Crippen LogP contribution in [-0.2, 0) is 9.59 Å². The summed E-state index contributed by atoms with van der Waals surface area (Å²) in [5.41, 5.74) is 0. The van der Waals surface area contributed by atoms with Crippen molar-refractivity contribution in [2.45, 2.75) is 59.4 Å². The number of likely N-dealkylation sites (tertiary alicyclic amines) is 1. The van der Waals surface area contributed by atoms with Crippen LogP contribution in [0.3, 0.4) is 0 Å². The molecule has 2 amide bonds. The fourth-order valence-corrected chi connectivity index (χ4v) is 2.66. The van der Waals surface area contributed by atoms with Gasteiger partial charge in [0.05, 0.1) is 0 Å². The second-order valence-electron chi connectivity index (χ2n) is 5.78. The highest BCUT2D eigenvalue weighted by Crippen LogP contribution is 2.21. The highest BCUT2D eigenvalue weighted by molar-refractivity contribution is 5.81. The van der Waals surface area contributed by atoms with Crippen molar-refractivity contribution in [3.05, 3.63) is 0 Å². The Hall–Kier alpha value is -1.06. The van der Waals surface area contributed by atoms with E-state index < -0.39 is 0 Å². The Morgan fingerprint density at radius 2 is 1.68 bits per heavy atom. The summed E-state index contributed by atoms with van der Waals surface area (Å²) < 4.78 is 0. The molecule has 1 aliphatic heterocycles. The zero-order valence-electron chi connectivity index (χ0n) is 12.7. The van der Waals surface area contributed by atoms with Gasteiger partial charge in [-0.1, -0.05) is 13.8 Å². The lowest BCUT2D eigenvalue weighted by atomic mass is 9.93. The van der Waals surface area contributed by atoms with Crippen LogP contribution < -0.4 is 5.32 Å². The Labute approximate surface area is 116 Å². The van der Waals surface area contributed by atoms with Gasteiger partial charge in [0.2, 0.25) is 11.8 Å². The second kappa shape index (κ2) is 7.51. The molecule has 110 valence electrons. The van der Waals surface area contributed by atoms with E-state index in [1.165, 1.54) is 0 Å². The first-order chi connectivity index (χ1) is 8.99. The van der Waals surface area contributed by atoms with Crippen LogP contribution in [0.15, 0.2) is 0 Å². The molecule has 0 aromatic rings. The number of nitrogens with one attached hydrogen (secondary N) is 1. The van der Waals surface area contributed by atoms with Crippen LogP contribution in [-0.4, -0.2) is 35.8 Å². The van der Waals surface area contributed by atoms with Crippen LogP contribution in [0.4, 0.5) is 0 Å². The summed E-state index contributed by atoms with van der Waals surface area (Å²) >= 11 is 0. The largest absolute Gasteiger partial charge is 0.354 e. The van der Waals surface area contributed by atoms with Gasteiger partial charge in [0.1, 0.15) is 0 Å². The standard InChI is InChI=1S/C15H28N2O2/c1-5-12(6-2)15(19)17-9-7-13(8-10-17)14(18)16-11(3)4/h11-13H,5-10H2,1-4H3,(H,16,18). The number of carbonyl (C=O) groups excluding carboxylic acids is 2. The summed E-state index contributed by atoms with van der Waals surface area (Å²) in [6, 6.07) is 0.191. The van der Waals surface area contributed by atoms with Crippen LogP contribution in [0.1, 0.15) is 53.4 Å². The maximum Gasteiger partial charge on any atom is 0.225 e. The van der Waals surface area contributed by atoms with Crippen LogP contribution in [0.5, 0.6) is 0 Å². The smallest absolute Gasteiger partial charge is 0.225 e. The first kappa shape index (κ1) is 16.0. The molecule has 0 aromatic carbocycles. The maximum absolute atomic E-state index is 12.2. The molecular weight excluding hydrogens is 240 g/mol. The van der Waals surface area contributed by atoms with E-state index in [-0.39, 0.29) is 29.7 Å². The van der Waals surface area contributed by atoms with Gasteiger partial charge in [-0.25, -0.2) is 0 Å². The third-order valence-corrected chi connectivity index (χ3v) is 3.94. The summed E-state index contributed by atoms with van der Waals surface area (Å²) in [5, 5.41) is 2.96. The molecule has 1 N–H and O–H groups in total. The monoisotopic (exact) mass is 268 g/mol. The maximum atomic E-state index is 12.2. The molecule has 0 atom stereocenters. The third-order valence-electron chi connectivity index (χ3n) is 3.94. The number of nitrogens with zero attached hydrogens (tertiary/aromatic N) is 1. The zero-order chi connectivity index (χ0) is 14.4. The van der Waals surface area contributed by atoms with Crippen molar-refractivity contribution in [1.82, 2.24) is 10.2 Å². The van der Waals surface area contributed by atoms with E-state index in [0.29, 0.717) is 0 Å². The molecule has 4 nitrogen and oxygen atoms in total. The Kier molecular flexibility index (Phi) is 6.32. The number of piperidine rings is 1. The summed E-state index contributed by atoms with van der Waals surface area (Å²) in [6.45, 7) is 9.54. The Bertz CT molecular complexity index is 303. The Morgan fingerprint density at radius 1 is 1.16 bits per heavy atom. The number of hydrogen-bond donors (Lipinski definition) is 1. The molecule has 4 heteroatoms. The minimum atomic E-state index is 0.0770. The van der Waals surface area contributed by atoms with Gasteiger partial charge < -0.3 is 10.2 Å². The lowest BCUT2D eigenvalue weighted by Crippen LogP contribution is -2.45. The normalized spacial score (nSPS) is 17.1. The number of hydrogen-bond acceptors (Lipinski definition) is 2. The fourth-order valence-electron chi connectivity index (χ4n) is 2.66. The fraction of sp³-hybridized carbons (Fsp3) is 0.867. The first-order valence-electron chi connectivity index (χ1n) is 7.58. The highest BCUT2D eigenvalue weighted by atomic mass is 16.2. The van der Waals surface area contributed by atoms with E-state index in [0.717, 1.165) is 38.8 Å². The third kappa shape index (κ3) is 4.51. The van der Waals surface area contributed by atoms with Crippen LogP contribution in [0.25, 0.3) is 0 Å². The van der Waals surface area contributed by atoms with Crippen LogP contribution in [0.2, 0.25) is 0 Å². The highest BCUT2D eigenvalue weighted by Gasteiger charge is 2.29. The van der Waals surface area contributed by atoms with Gasteiger partial charge in [0.15, 0.2) is 0 Å².